The average molecular weight is 278 g/mol. The summed E-state index contributed by atoms with van der Waals surface area (Å²) >= 11 is 0. The third kappa shape index (κ3) is 3.24. The highest BCUT2D eigenvalue weighted by Gasteiger charge is 2.34. The zero-order chi connectivity index (χ0) is 14.7. The van der Waals surface area contributed by atoms with Crippen molar-refractivity contribution in [2.24, 2.45) is 11.7 Å². The summed E-state index contributed by atoms with van der Waals surface area (Å²) in [6, 6.07) is 5.59. The molecule has 1 unspecified atom stereocenters. The maximum Gasteiger partial charge on any atom is 0.321 e. The largest absolute Gasteiger partial charge is 0.328 e. The molecule has 1 saturated carbocycles. The van der Waals surface area contributed by atoms with E-state index in [2.05, 4.69) is 5.32 Å². The van der Waals surface area contributed by atoms with Crippen LogP contribution in [-0.2, 0) is 0 Å². The number of nitrogens with one attached hydrogen (secondary N) is 1. The lowest BCUT2D eigenvalue weighted by Crippen LogP contribution is -2.45. The first-order valence-electron chi connectivity index (χ1n) is 6.51. The van der Waals surface area contributed by atoms with Crippen LogP contribution in [0.25, 0.3) is 0 Å². The number of carbonyl (C=O) groups excluding carboxylic acids is 1. The van der Waals surface area contributed by atoms with Crippen LogP contribution >= 0.6 is 0 Å². The summed E-state index contributed by atoms with van der Waals surface area (Å²) in [6.07, 6.45) is 2.19. The summed E-state index contributed by atoms with van der Waals surface area (Å²) in [7, 11) is 1.70. The van der Waals surface area contributed by atoms with Crippen molar-refractivity contribution in [3.63, 3.8) is 0 Å². The van der Waals surface area contributed by atoms with Crippen LogP contribution in [0.1, 0.15) is 12.8 Å². The van der Waals surface area contributed by atoms with Gasteiger partial charge in [0.15, 0.2) is 0 Å². The minimum Gasteiger partial charge on any atom is -0.328 e. The molecular formula is C13H18N4O3. The molecule has 0 spiro atoms. The van der Waals surface area contributed by atoms with Crippen molar-refractivity contribution in [1.82, 2.24) is 4.90 Å². The molecule has 2 amide bonds. The SMILES string of the molecule is CN(C(=O)Nc1cccc([N+](=O)[O-])c1)C(CN)C1CC1. The Bertz CT molecular complexity index is 516. The second kappa shape index (κ2) is 5.87. The molecule has 1 atom stereocenters. The third-order valence-electron chi connectivity index (χ3n) is 3.53. The number of benzene rings is 1. The van der Waals surface area contributed by atoms with Crippen molar-refractivity contribution in [2.45, 2.75) is 18.9 Å². The Morgan fingerprint density at radius 2 is 2.30 bits per heavy atom. The van der Waals surface area contributed by atoms with E-state index >= 15 is 0 Å². The van der Waals surface area contributed by atoms with Gasteiger partial charge in [-0.05, 0) is 24.8 Å². The number of hydrogen-bond acceptors (Lipinski definition) is 4. The van der Waals surface area contributed by atoms with Crippen LogP contribution in [0.15, 0.2) is 24.3 Å². The number of nitrogens with zero attached hydrogens (tertiary/aromatic N) is 2. The Morgan fingerprint density at radius 1 is 1.60 bits per heavy atom. The van der Waals surface area contributed by atoms with E-state index < -0.39 is 4.92 Å². The van der Waals surface area contributed by atoms with Gasteiger partial charge in [0.05, 0.1) is 4.92 Å². The van der Waals surface area contributed by atoms with Crippen molar-refractivity contribution in [3.05, 3.63) is 34.4 Å². The fraction of sp³-hybridized carbons (Fsp3) is 0.462. The number of likely N-dealkylation sites (N-methyl/N-ethyl adjacent to an activating group) is 1. The lowest BCUT2D eigenvalue weighted by atomic mass is 10.1. The van der Waals surface area contributed by atoms with Gasteiger partial charge in [0.1, 0.15) is 0 Å². The van der Waals surface area contributed by atoms with E-state index in [1.54, 1.807) is 18.0 Å². The van der Waals surface area contributed by atoms with Crippen LogP contribution in [0.3, 0.4) is 0 Å². The first kappa shape index (κ1) is 14.3. The topological polar surface area (TPSA) is 102 Å². The molecule has 7 nitrogen and oxygen atoms in total. The number of hydrogen-bond donors (Lipinski definition) is 2. The standard InChI is InChI=1S/C13H18N4O3/c1-16(12(8-14)9-5-6-9)13(18)15-10-3-2-4-11(7-10)17(19)20/h2-4,7,9,12H,5-6,8,14H2,1H3,(H,15,18). The third-order valence-corrected chi connectivity index (χ3v) is 3.53. The van der Waals surface area contributed by atoms with Gasteiger partial charge in [-0.3, -0.25) is 10.1 Å². The Balaban J connectivity index is 2.03. The van der Waals surface area contributed by atoms with Crippen LogP contribution in [0.2, 0.25) is 0 Å². The molecule has 0 saturated heterocycles. The summed E-state index contributed by atoms with van der Waals surface area (Å²) in [6.45, 7) is 0.420. The predicted molar refractivity (Wildman–Crippen MR) is 75.4 cm³/mol. The molecular weight excluding hydrogens is 260 g/mol. The number of nitrogens with two attached hydrogens (primary N) is 1. The van der Waals surface area contributed by atoms with E-state index in [1.165, 1.54) is 18.2 Å². The first-order chi connectivity index (χ1) is 9.52. The highest BCUT2D eigenvalue weighted by Crippen LogP contribution is 2.34. The van der Waals surface area contributed by atoms with Crippen LogP contribution < -0.4 is 11.1 Å². The van der Waals surface area contributed by atoms with E-state index in [1.807, 2.05) is 0 Å². The zero-order valence-electron chi connectivity index (χ0n) is 11.3. The molecule has 20 heavy (non-hydrogen) atoms. The van der Waals surface area contributed by atoms with Crippen molar-refractivity contribution < 1.29 is 9.72 Å². The quantitative estimate of drug-likeness (QED) is 0.633. The molecule has 0 heterocycles. The minimum absolute atomic E-state index is 0.0219. The van der Waals surface area contributed by atoms with Gasteiger partial charge in [0.2, 0.25) is 0 Å². The Kier molecular flexibility index (Phi) is 4.19. The molecule has 1 fully saturated rings. The number of nitro benzene ring substituents is 1. The van der Waals surface area contributed by atoms with Gasteiger partial charge in [0, 0.05) is 37.5 Å². The first-order valence-corrected chi connectivity index (χ1v) is 6.51. The van der Waals surface area contributed by atoms with Gasteiger partial charge < -0.3 is 16.0 Å². The maximum absolute atomic E-state index is 12.1. The number of amides is 2. The number of nitro groups is 1. The molecule has 0 aliphatic heterocycles. The van der Waals surface area contributed by atoms with Crippen molar-refractivity contribution in [1.29, 1.82) is 0 Å². The molecule has 0 radical (unpaired) electrons. The molecule has 1 aromatic carbocycles. The number of carbonyl (C=O) groups is 1. The van der Waals surface area contributed by atoms with Gasteiger partial charge in [0.25, 0.3) is 5.69 Å². The van der Waals surface area contributed by atoms with Gasteiger partial charge in [-0.2, -0.15) is 0 Å². The molecule has 1 aliphatic rings. The number of non-ortho nitro benzene ring substituents is 1. The number of urea groups is 1. The zero-order valence-corrected chi connectivity index (χ0v) is 11.3. The minimum atomic E-state index is -0.494. The fourth-order valence-corrected chi connectivity index (χ4v) is 2.21. The van der Waals surface area contributed by atoms with Crippen LogP contribution in [0.4, 0.5) is 16.2 Å². The predicted octanol–water partition coefficient (Wildman–Crippen LogP) is 1.80. The Morgan fingerprint density at radius 3 is 2.85 bits per heavy atom. The highest BCUT2D eigenvalue weighted by molar-refractivity contribution is 5.89. The maximum atomic E-state index is 12.1. The normalized spacial score (nSPS) is 15.5. The van der Waals surface area contributed by atoms with E-state index in [9.17, 15) is 14.9 Å². The van der Waals surface area contributed by atoms with Gasteiger partial charge >= 0.3 is 6.03 Å². The summed E-state index contributed by atoms with van der Waals surface area (Å²) in [5.41, 5.74) is 6.05. The lowest BCUT2D eigenvalue weighted by molar-refractivity contribution is -0.384. The van der Waals surface area contributed by atoms with Crippen molar-refractivity contribution >= 4 is 17.4 Å². The second-order valence-corrected chi connectivity index (χ2v) is 4.99. The molecule has 1 aliphatic carbocycles. The van der Waals surface area contributed by atoms with Crippen LogP contribution in [0, 0.1) is 16.0 Å². The lowest BCUT2D eigenvalue weighted by Gasteiger charge is -2.27. The molecule has 0 bridgehead atoms. The molecule has 2 rings (SSSR count). The van der Waals surface area contributed by atoms with Gasteiger partial charge in [-0.25, -0.2) is 4.79 Å². The molecule has 0 aromatic heterocycles. The van der Waals surface area contributed by atoms with Crippen molar-refractivity contribution in [2.75, 3.05) is 18.9 Å². The monoisotopic (exact) mass is 278 g/mol. The smallest absolute Gasteiger partial charge is 0.321 e. The average Bonchev–Trinajstić information content (AvgIpc) is 3.24. The van der Waals surface area contributed by atoms with Gasteiger partial charge in [-0.15, -0.1) is 0 Å². The summed E-state index contributed by atoms with van der Waals surface area (Å²) in [4.78, 5) is 23.9. The summed E-state index contributed by atoms with van der Waals surface area (Å²) < 4.78 is 0. The number of rotatable bonds is 5. The fourth-order valence-electron chi connectivity index (χ4n) is 2.21. The Labute approximate surface area is 116 Å². The Hall–Kier alpha value is -2.15. The van der Waals surface area contributed by atoms with E-state index in [4.69, 9.17) is 5.73 Å². The molecule has 3 N–H and O–H groups in total. The van der Waals surface area contributed by atoms with Crippen LogP contribution in [-0.4, -0.2) is 35.5 Å². The van der Waals surface area contributed by atoms with E-state index in [-0.39, 0.29) is 17.8 Å². The number of anilines is 1. The molecule has 7 heteroatoms. The second-order valence-electron chi connectivity index (χ2n) is 4.99. The summed E-state index contributed by atoms with van der Waals surface area (Å²) in [5.74, 6) is 0.473. The van der Waals surface area contributed by atoms with E-state index in [0.717, 1.165) is 12.8 Å². The van der Waals surface area contributed by atoms with E-state index in [0.29, 0.717) is 18.2 Å². The highest BCUT2D eigenvalue weighted by atomic mass is 16.6. The molecule has 1 aromatic rings. The van der Waals surface area contributed by atoms with Crippen LogP contribution in [0.5, 0.6) is 0 Å². The summed E-state index contributed by atoms with van der Waals surface area (Å²) in [5, 5.41) is 13.4. The van der Waals surface area contributed by atoms with Crippen molar-refractivity contribution in [3.8, 4) is 0 Å². The van der Waals surface area contributed by atoms with Gasteiger partial charge in [-0.1, -0.05) is 6.07 Å². The molecule has 108 valence electrons.